The Morgan fingerprint density at radius 2 is 2.11 bits per heavy atom. The van der Waals surface area contributed by atoms with Crippen LogP contribution in [0.15, 0.2) is 55.0 Å². The van der Waals surface area contributed by atoms with Crippen molar-refractivity contribution in [3.8, 4) is 11.1 Å². The van der Waals surface area contributed by atoms with Crippen LogP contribution in [-0.4, -0.2) is 39.3 Å². The standard InChI is InChI=1S/C21H21N5O/c1-27-13-14-9-17(10-14)24-21-23-12-20-18(6-8-26(20)25-21)15-4-5-19-16(11-15)3-2-7-22-19/h2-8,11-12,14,17H,9-10,13H2,1H3,(H,24,25)/t14-,17-. The van der Waals surface area contributed by atoms with Crippen LogP contribution < -0.4 is 5.32 Å². The average Bonchev–Trinajstić information content (AvgIpc) is 3.09. The zero-order chi connectivity index (χ0) is 18.2. The van der Waals surface area contributed by atoms with Crippen LogP contribution in [0, 0.1) is 5.92 Å². The van der Waals surface area contributed by atoms with Gasteiger partial charge in [0.2, 0.25) is 5.95 Å². The van der Waals surface area contributed by atoms with Gasteiger partial charge in [0.05, 0.1) is 17.2 Å². The van der Waals surface area contributed by atoms with Crippen LogP contribution in [0.4, 0.5) is 5.95 Å². The third-order valence-electron chi connectivity index (χ3n) is 5.30. The Bertz CT molecular complexity index is 1100. The Kier molecular flexibility index (Phi) is 3.98. The number of nitrogens with zero attached hydrogens (tertiary/aromatic N) is 4. The largest absolute Gasteiger partial charge is 0.384 e. The van der Waals surface area contributed by atoms with Crippen molar-refractivity contribution in [1.29, 1.82) is 0 Å². The van der Waals surface area contributed by atoms with Crippen molar-refractivity contribution < 1.29 is 4.74 Å². The summed E-state index contributed by atoms with van der Waals surface area (Å²) >= 11 is 0. The van der Waals surface area contributed by atoms with Gasteiger partial charge < -0.3 is 10.1 Å². The summed E-state index contributed by atoms with van der Waals surface area (Å²) < 4.78 is 7.10. The molecule has 27 heavy (non-hydrogen) atoms. The van der Waals surface area contributed by atoms with Crippen LogP contribution in [0.1, 0.15) is 12.8 Å². The third kappa shape index (κ3) is 3.02. The van der Waals surface area contributed by atoms with E-state index in [1.165, 1.54) is 0 Å². The first-order valence-electron chi connectivity index (χ1n) is 9.25. The maximum absolute atomic E-state index is 5.21. The fraction of sp³-hybridized carbons (Fsp3) is 0.286. The van der Waals surface area contributed by atoms with Crippen molar-refractivity contribution in [3.63, 3.8) is 0 Å². The molecule has 1 N–H and O–H groups in total. The quantitative estimate of drug-likeness (QED) is 0.587. The molecular formula is C21H21N5O. The van der Waals surface area contributed by atoms with E-state index in [0.717, 1.165) is 47.0 Å². The number of nitrogens with one attached hydrogen (secondary N) is 1. The number of hydrogen-bond acceptors (Lipinski definition) is 5. The average molecular weight is 359 g/mol. The van der Waals surface area contributed by atoms with Crippen LogP contribution >= 0.6 is 0 Å². The van der Waals surface area contributed by atoms with Crippen LogP contribution in [0.3, 0.4) is 0 Å². The molecule has 0 saturated heterocycles. The van der Waals surface area contributed by atoms with Crippen molar-refractivity contribution in [2.45, 2.75) is 18.9 Å². The van der Waals surface area contributed by atoms with Crippen molar-refractivity contribution in [2.24, 2.45) is 5.92 Å². The molecule has 1 aromatic carbocycles. The Morgan fingerprint density at radius 1 is 1.19 bits per heavy atom. The van der Waals surface area contributed by atoms with E-state index >= 15 is 0 Å². The molecule has 1 fully saturated rings. The van der Waals surface area contributed by atoms with Gasteiger partial charge in [-0.25, -0.2) is 9.50 Å². The zero-order valence-electron chi connectivity index (χ0n) is 15.2. The zero-order valence-corrected chi connectivity index (χ0v) is 15.2. The van der Waals surface area contributed by atoms with E-state index in [4.69, 9.17) is 4.74 Å². The van der Waals surface area contributed by atoms with Gasteiger partial charge in [0.15, 0.2) is 0 Å². The summed E-state index contributed by atoms with van der Waals surface area (Å²) in [6.07, 6.45) is 7.91. The summed E-state index contributed by atoms with van der Waals surface area (Å²) in [6, 6.07) is 12.9. The predicted molar refractivity (Wildman–Crippen MR) is 106 cm³/mol. The third-order valence-corrected chi connectivity index (χ3v) is 5.30. The number of ether oxygens (including phenoxy) is 1. The Balaban J connectivity index is 1.40. The topological polar surface area (TPSA) is 64.3 Å². The van der Waals surface area contributed by atoms with E-state index in [9.17, 15) is 0 Å². The lowest BCUT2D eigenvalue weighted by Gasteiger charge is -2.35. The van der Waals surface area contributed by atoms with Gasteiger partial charge in [-0.05, 0) is 48.6 Å². The predicted octanol–water partition coefficient (Wildman–Crippen LogP) is 3.78. The minimum Gasteiger partial charge on any atom is -0.384 e. The van der Waals surface area contributed by atoms with Crippen molar-refractivity contribution in [1.82, 2.24) is 19.6 Å². The van der Waals surface area contributed by atoms with Gasteiger partial charge >= 0.3 is 0 Å². The van der Waals surface area contributed by atoms with Gasteiger partial charge in [-0.15, -0.1) is 5.10 Å². The first-order valence-corrected chi connectivity index (χ1v) is 9.25. The Hall–Kier alpha value is -2.99. The highest BCUT2D eigenvalue weighted by Gasteiger charge is 2.29. The molecule has 5 rings (SSSR count). The van der Waals surface area contributed by atoms with Gasteiger partial charge in [-0.2, -0.15) is 0 Å². The van der Waals surface area contributed by atoms with E-state index in [-0.39, 0.29) is 0 Å². The fourth-order valence-electron chi connectivity index (χ4n) is 3.86. The summed E-state index contributed by atoms with van der Waals surface area (Å²) in [5.74, 6) is 1.32. The monoisotopic (exact) mass is 359 g/mol. The van der Waals surface area contributed by atoms with E-state index in [0.29, 0.717) is 17.9 Å². The molecule has 6 heteroatoms. The molecule has 136 valence electrons. The maximum atomic E-state index is 5.21. The van der Waals surface area contributed by atoms with E-state index in [1.54, 1.807) is 7.11 Å². The van der Waals surface area contributed by atoms with Crippen molar-refractivity contribution >= 4 is 22.4 Å². The second kappa shape index (κ2) is 6.63. The lowest BCUT2D eigenvalue weighted by Crippen LogP contribution is -2.38. The molecule has 1 aliphatic carbocycles. The molecular weight excluding hydrogens is 338 g/mol. The van der Waals surface area contributed by atoms with Crippen molar-refractivity contribution in [3.05, 3.63) is 55.0 Å². The molecule has 3 aromatic heterocycles. The maximum Gasteiger partial charge on any atom is 0.241 e. The summed E-state index contributed by atoms with van der Waals surface area (Å²) in [6.45, 7) is 0.834. The molecule has 0 unspecified atom stereocenters. The van der Waals surface area contributed by atoms with Gasteiger partial charge in [-0.1, -0.05) is 12.1 Å². The lowest BCUT2D eigenvalue weighted by atomic mass is 9.81. The number of methoxy groups -OCH3 is 1. The van der Waals surface area contributed by atoms with Crippen LogP contribution in [-0.2, 0) is 4.74 Å². The molecule has 1 saturated carbocycles. The summed E-state index contributed by atoms with van der Waals surface area (Å²) in [5.41, 5.74) is 4.26. The number of aromatic nitrogens is 4. The number of fused-ring (bicyclic) bond motifs is 2. The molecule has 0 amide bonds. The normalized spacial score (nSPS) is 19.3. The van der Waals surface area contributed by atoms with Crippen LogP contribution in [0.5, 0.6) is 0 Å². The molecule has 0 bridgehead atoms. The minimum absolute atomic E-state index is 0.436. The number of benzene rings is 1. The number of rotatable bonds is 5. The lowest BCUT2D eigenvalue weighted by molar-refractivity contribution is 0.104. The first-order chi connectivity index (χ1) is 13.3. The molecule has 4 aromatic rings. The highest BCUT2D eigenvalue weighted by Crippen LogP contribution is 2.30. The summed E-state index contributed by atoms with van der Waals surface area (Å²) in [4.78, 5) is 8.92. The van der Waals surface area contributed by atoms with Crippen LogP contribution in [0.2, 0.25) is 0 Å². The molecule has 0 aliphatic heterocycles. The van der Waals surface area contributed by atoms with Gasteiger partial charge in [0.1, 0.15) is 0 Å². The van der Waals surface area contributed by atoms with E-state index in [2.05, 4.69) is 50.7 Å². The minimum atomic E-state index is 0.436. The second-order valence-electron chi connectivity index (χ2n) is 7.19. The van der Waals surface area contributed by atoms with Crippen LogP contribution in [0.25, 0.3) is 27.5 Å². The number of pyridine rings is 1. The number of anilines is 1. The SMILES string of the molecule is COC[C@H]1C[C@H](Nc2ncc3c(-c4ccc5ncccc5c4)ccn3n2)C1. The smallest absolute Gasteiger partial charge is 0.241 e. The number of hydrogen-bond donors (Lipinski definition) is 1. The van der Waals surface area contributed by atoms with Gasteiger partial charge in [0, 0.05) is 43.1 Å². The first kappa shape index (κ1) is 16.2. The summed E-state index contributed by atoms with van der Waals surface area (Å²) in [5, 5.41) is 9.18. The molecule has 0 radical (unpaired) electrons. The Morgan fingerprint density at radius 3 is 3.00 bits per heavy atom. The fourth-order valence-corrected chi connectivity index (χ4v) is 3.86. The second-order valence-corrected chi connectivity index (χ2v) is 7.19. The van der Waals surface area contributed by atoms with E-state index < -0.39 is 0 Å². The molecule has 3 heterocycles. The van der Waals surface area contributed by atoms with Crippen molar-refractivity contribution in [2.75, 3.05) is 19.0 Å². The van der Waals surface area contributed by atoms with E-state index in [1.807, 2.05) is 29.2 Å². The summed E-state index contributed by atoms with van der Waals surface area (Å²) in [7, 11) is 1.76. The molecule has 6 nitrogen and oxygen atoms in total. The highest BCUT2D eigenvalue weighted by molar-refractivity contribution is 5.88. The molecule has 1 aliphatic rings. The van der Waals surface area contributed by atoms with Gasteiger partial charge in [-0.3, -0.25) is 4.98 Å². The highest BCUT2D eigenvalue weighted by atomic mass is 16.5. The molecule has 0 atom stereocenters. The Labute approximate surface area is 157 Å². The molecule has 0 spiro atoms. The van der Waals surface area contributed by atoms with Gasteiger partial charge in [0.25, 0.3) is 0 Å².